The molecule has 17 heavy (non-hydrogen) atoms. The van der Waals surface area contributed by atoms with Crippen molar-refractivity contribution < 1.29 is 4.74 Å². The van der Waals surface area contributed by atoms with Crippen LogP contribution < -0.4 is 4.74 Å². The van der Waals surface area contributed by atoms with Gasteiger partial charge in [0, 0.05) is 10.6 Å². The molecule has 5 heteroatoms. The van der Waals surface area contributed by atoms with Gasteiger partial charge < -0.3 is 4.74 Å². The normalized spacial score (nSPS) is 10.5. The zero-order valence-corrected chi connectivity index (χ0v) is 11.8. The number of para-hydroxylation sites is 1. The lowest BCUT2D eigenvalue weighted by atomic mass is 10.3. The molecule has 2 aromatic rings. The second-order valence-corrected chi connectivity index (χ2v) is 5.39. The third kappa shape index (κ3) is 3.15. The van der Waals surface area contributed by atoms with Gasteiger partial charge in [0.1, 0.15) is 17.4 Å². The first-order chi connectivity index (χ1) is 8.20. The van der Waals surface area contributed by atoms with Gasteiger partial charge in [-0.25, -0.2) is 4.98 Å². The zero-order valence-electron chi connectivity index (χ0n) is 9.31. The summed E-state index contributed by atoms with van der Waals surface area (Å²) in [4.78, 5) is 5.61. The number of hydrogen-bond donors (Lipinski definition) is 1. The summed E-state index contributed by atoms with van der Waals surface area (Å²) in [6, 6.07) is 7.43. The molecule has 0 radical (unpaired) electrons. The molecular weight excluding hydrogens is 274 g/mol. The molecule has 0 amide bonds. The molecule has 0 fully saturated rings. The minimum Gasteiger partial charge on any atom is -0.485 e. The highest BCUT2D eigenvalue weighted by atomic mass is 35.5. The molecule has 90 valence electrons. The molecule has 0 atom stereocenters. The number of aromatic nitrogens is 1. The van der Waals surface area contributed by atoms with Gasteiger partial charge in [-0.3, -0.25) is 0 Å². The first-order valence-corrected chi connectivity index (χ1v) is 6.96. The van der Waals surface area contributed by atoms with Crippen molar-refractivity contribution in [1.29, 1.82) is 0 Å². The van der Waals surface area contributed by atoms with Crippen LogP contribution in [-0.2, 0) is 12.4 Å². The van der Waals surface area contributed by atoms with E-state index in [1.807, 2.05) is 31.2 Å². The summed E-state index contributed by atoms with van der Waals surface area (Å²) in [5.41, 5.74) is 1.03. The summed E-state index contributed by atoms with van der Waals surface area (Å²) in [7, 11) is 0. The maximum absolute atomic E-state index is 6.00. The van der Waals surface area contributed by atoms with Crippen LogP contribution in [-0.4, -0.2) is 4.98 Å². The minimum absolute atomic E-state index is 0.447. The van der Waals surface area contributed by atoms with Gasteiger partial charge in [-0.05, 0) is 19.1 Å². The van der Waals surface area contributed by atoms with E-state index >= 15 is 0 Å². The highest BCUT2D eigenvalue weighted by molar-refractivity contribution is 7.79. The maximum atomic E-state index is 6.00. The summed E-state index contributed by atoms with van der Waals surface area (Å²) in [6.45, 7) is 2.43. The maximum Gasteiger partial charge on any atom is 0.140 e. The topological polar surface area (TPSA) is 22.1 Å². The predicted octanol–water partition coefficient (Wildman–Crippen LogP) is 4.11. The van der Waals surface area contributed by atoms with E-state index in [-0.39, 0.29) is 0 Å². The number of benzene rings is 1. The molecule has 2 nitrogen and oxygen atoms in total. The van der Waals surface area contributed by atoms with Gasteiger partial charge in [0.15, 0.2) is 0 Å². The highest BCUT2D eigenvalue weighted by Gasteiger charge is 2.07. The van der Waals surface area contributed by atoms with Crippen molar-refractivity contribution in [3.8, 4) is 5.75 Å². The van der Waals surface area contributed by atoms with E-state index in [1.54, 1.807) is 11.3 Å². The van der Waals surface area contributed by atoms with Gasteiger partial charge in [0.2, 0.25) is 0 Å². The molecule has 0 spiro atoms. The number of nitrogens with zero attached hydrogens (tertiary/aromatic N) is 1. The van der Waals surface area contributed by atoms with E-state index in [2.05, 4.69) is 17.6 Å². The molecule has 0 unspecified atom stereocenters. The van der Waals surface area contributed by atoms with Crippen LogP contribution in [0.1, 0.15) is 15.6 Å². The first-order valence-electron chi connectivity index (χ1n) is 5.14. The molecule has 0 aliphatic rings. The molecule has 0 saturated heterocycles. The summed E-state index contributed by atoms with van der Waals surface area (Å²) in [5, 5.41) is 1.57. The van der Waals surface area contributed by atoms with Crippen molar-refractivity contribution in [2.24, 2.45) is 0 Å². The van der Waals surface area contributed by atoms with Crippen LogP contribution in [0.25, 0.3) is 0 Å². The van der Waals surface area contributed by atoms with E-state index in [0.29, 0.717) is 17.4 Å². The molecule has 1 heterocycles. The Morgan fingerprint density at radius 1 is 1.41 bits per heavy atom. The van der Waals surface area contributed by atoms with E-state index in [9.17, 15) is 0 Å². The average molecular weight is 286 g/mol. The Kier molecular flexibility index (Phi) is 4.31. The smallest absolute Gasteiger partial charge is 0.140 e. The van der Waals surface area contributed by atoms with Gasteiger partial charge in [0.05, 0.1) is 10.7 Å². The number of aryl methyl sites for hydroxylation is 1. The number of rotatable bonds is 4. The van der Waals surface area contributed by atoms with Crippen LogP contribution in [0.4, 0.5) is 0 Å². The Labute approximate surface area is 115 Å². The lowest BCUT2D eigenvalue weighted by Crippen LogP contribution is -1.95. The van der Waals surface area contributed by atoms with Crippen LogP contribution >= 0.6 is 35.6 Å². The van der Waals surface area contributed by atoms with Crippen molar-refractivity contribution in [3.05, 3.63) is 44.9 Å². The number of thiazole rings is 1. The van der Waals surface area contributed by atoms with Crippen LogP contribution in [0, 0.1) is 6.92 Å². The second kappa shape index (κ2) is 5.76. The van der Waals surface area contributed by atoms with E-state index < -0.39 is 0 Å². The molecule has 0 aliphatic carbocycles. The standard InChI is InChI=1S/C12H12ClNOS2/c1-8-11(7-16)17-12(14-8)6-15-10-5-3-2-4-9(10)13/h2-5,16H,6-7H2,1H3. The Morgan fingerprint density at radius 3 is 2.82 bits per heavy atom. The molecular formula is C12H12ClNOS2. The van der Waals surface area contributed by atoms with Crippen LogP contribution in [0.3, 0.4) is 0 Å². The lowest BCUT2D eigenvalue weighted by molar-refractivity contribution is 0.305. The van der Waals surface area contributed by atoms with Crippen LogP contribution in [0.5, 0.6) is 5.75 Å². The van der Waals surface area contributed by atoms with Gasteiger partial charge in [-0.1, -0.05) is 23.7 Å². The van der Waals surface area contributed by atoms with Crippen LogP contribution in [0.2, 0.25) is 5.02 Å². The zero-order chi connectivity index (χ0) is 12.3. The van der Waals surface area contributed by atoms with E-state index in [0.717, 1.165) is 16.5 Å². The molecule has 2 rings (SSSR count). The fourth-order valence-corrected chi connectivity index (χ4v) is 2.85. The highest BCUT2D eigenvalue weighted by Crippen LogP contribution is 2.26. The quantitative estimate of drug-likeness (QED) is 0.854. The van der Waals surface area contributed by atoms with Crippen molar-refractivity contribution in [1.82, 2.24) is 4.98 Å². The Balaban J connectivity index is 2.05. The fraction of sp³-hybridized carbons (Fsp3) is 0.250. The Bertz CT molecular complexity index is 513. The van der Waals surface area contributed by atoms with Crippen molar-refractivity contribution in [2.45, 2.75) is 19.3 Å². The van der Waals surface area contributed by atoms with Gasteiger partial charge in [-0.15, -0.1) is 11.3 Å². The number of halogens is 1. The van der Waals surface area contributed by atoms with E-state index in [1.165, 1.54) is 4.88 Å². The molecule has 1 aromatic heterocycles. The first kappa shape index (κ1) is 12.7. The minimum atomic E-state index is 0.447. The van der Waals surface area contributed by atoms with Gasteiger partial charge in [0.25, 0.3) is 0 Å². The number of thiol groups is 1. The van der Waals surface area contributed by atoms with Crippen molar-refractivity contribution in [3.63, 3.8) is 0 Å². The van der Waals surface area contributed by atoms with Crippen molar-refractivity contribution in [2.75, 3.05) is 0 Å². The third-order valence-corrected chi connectivity index (χ3v) is 4.24. The van der Waals surface area contributed by atoms with Gasteiger partial charge in [-0.2, -0.15) is 12.6 Å². The fourth-order valence-electron chi connectivity index (χ4n) is 1.40. The summed E-state index contributed by atoms with van der Waals surface area (Å²) in [6.07, 6.45) is 0. The predicted molar refractivity (Wildman–Crippen MR) is 75.3 cm³/mol. The summed E-state index contributed by atoms with van der Waals surface area (Å²) >= 11 is 11.9. The SMILES string of the molecule is Cc1nc(COc2ccccc2Cl)sc1CS. The average Bonchev–Trinajstić information content (AvgIpc) is 2.69. The van der Waals surface area contributed by atoms with Crippen LogP contribution in [0.15, 0.2) is 24.3 Å². The number of hydrogen-bond acceptors (Lipinski definition) is 4. The molecule has 0 bridgehead atoms. The second-order valence-electron chi connectivity index (χ2n) is 3.49. The third-order valence-electron chi connectivity index (χ3n) is 2.27. The summed E-state index contributed by atoms with van der Waals surface area (Å²) in [5.74, 6) is 1.41. The Hall–Kier alpha value is -0.710. The molecule has 0 aliphatic heterocycles. The molecule has 0 N–H and O–H groups in total. The van der Waals surface area contributed by atoms with Gasteiger partial charge >= 0.3 is 0 Å². The molecule has 1 aromatic carbocycles. The summed E-state index contributed by atoms with van der Waals surface area (Å²) < 4.78 is 5.63. The molecule has 0 saturated carbocycles. The lowest BCUT2D eigenvalue weighted by Gasteiger charge is -2.05. The Morgan fingerprint density at radius 2 is 2.18 bits per heavy atom. The monoisotopic (exact) mass is 285 g/mol. The largest absolute Gasteiger partial charge is 0.485 e. The van der Waals surface area contributed by atoms with E-state index in [4.69, 9.17) is 16.3 Å². The number of ether oxygens (including phenoxy) is 1. The van der Waals surface area contributed by atoms with Crippen molar-refractivity contribution >= 4 is 35.6 Å².